The average Bonchev–Trinajstić information content (AvgIpc) is 2.13. The monoisotopic (exact) mass is 284 g/mol. The standard InChI is InChI=1S/C11H21ClO4S/c1-10(2,3)16-8-11(9-17(12,13)14)4-6-15-7-5-11/h4-9H2,1-3H3. The molecule has 0 saturated carbocycles. The van der Waals surface area contributed by atoms with Crippen LogP contribution in [0.4, 0.5) is 0 Å². The maximum absolute atomic E-state index is 11.3. The molecule has 0 radical (unpaired) electrons. The molecular weight excluding hydrogens is 264 g/mol. The fraction of sp³-hybridized carbons (Fsp3) is 1.00. The van der Waals surface area contributed by atoms with E-state index in [0.29, 0.717) is 32.7 Å². The summed E-state index contributed by atoms with van der Waals surface area (Å²) in [5.74, 6) is -0.0407. The van der Waals surface area contributed by atoms with E-state index < -0.39 is 14.5 Å². The largest absolute Gasteiger partial charge is 0.381 e. The summed E-state index contributed by atoms with van der Waals surface area (Å²) in [6.45, 7) is 7.41. The van der Waals surface area contributed by atoms with Gasteiger partial charge in [-0.3, -0.25) is 0 Å². The summed E-state index contributed by atoms with van der Waals surface area (Å²) in [7, 11) is 1.87. The van der Waals surface area contributed by atoms with Gasteiger partial charge in [-0.05, 0) is 33.6 Å². The molecule has 1 saturated heterocycles. The number of hydrogen-bond donors (Lipinski definition) is 0. The van der Waals surface area contributed by atoms with Crippen molar-refractivity contribution in [3.63, 3.8) is 0 Å². The fourth-order valence-electron chi connectivity index (χ4n) is 1.87. The van der Waals surface area contributed by atoms with Crippen LogP contribution >= 0.6 is 10.7 Å². The fourth-order valence-corrected chi connectivity index (χ4v) is 3.67. The Morgan fingerprint density at radius 2 is 1.82 bits per heavy atom. The minimum atomic E-state index is -3.51. The van der Waals surface area contributed by atoms with Gasteiger partial charge in [0.1, 0.15) is 0 Å². The van der Waals surface area contributed by atoms with Crippen molar-refractivity contribution in [3.8, 4) is 0 Å². The van der Waals surface area contributed by atoms with Crippen molar-refractivity contribution < 1.29 is 17.9 Å². The van der Waals surface area contributed by atoms with Crippen LogP contribution in [0.25, 0.3) is 0 Å². The number of ether oxygens (including phenoxy) is 2. The van der Waals surface area contributed by atoms with E-state index in [0.717, 1.165) is 0 Å². The summed E-state index contributed by atoms with van der Waals surface area (Å²) in [6, 6.07) is 0. The van der Waals surface area contributed by atoms with Crippen LogP contribution in [0.5, 0.6) is 0 Å². The first-order valence-corrected chi connectivity index (χ1v) is 8.24. The van der Waals surface area contributed by atoms with Gasteiger partial charge < -0.3 is 9.47 Å². The highest BCUT2D eigenvalue weighted by Gasteiger charge is 2.38. The van der Waals surface area contributed by atoms with Crippen LogP contribution in [0.15, 0.2) is 0 Å². The van der Waals surface area contributed by atoms with Crippen molar-refractivity contribution in [1.29, 1.82) is 0 Å². The molecule has 0 bridgehead atoms. The van der Waals surface area contributed by atoms with Crippen LogP contribution < -0.4 is 0 Å². The smallest absolute Gasteiger partial charge is 0.233 e. The molecule has 1 heterocycles. The zero-order chi connectivity index (χ0) is 13.2. The summed E-state index contributed by atoms with van der Waals surface area (Å²) >= 11 is 0. The zero-order valence-electron chi connectivity index (χ0n) is 10.7. The Balaban J connectivity index is 2.72. The van der Waals surface area contributed by atoms with E-state index in [1.807, 2.05) is 20.8 Å². The van der Waals surface area contributed by atoms with Crippen LogP contribution in [0.2, 0.25) is 0 Å². The van der Waals surface area contributed by atoms with Gasteiger partial charge in [0.25, 0.3) is 0 Å². The second kappa shape index (κ2) is 5.43. The predicted molar refractivity (Wildman–Crippen MR) is 67.8 cm³/mol. The first kappa shape index (κ1) is 15.2. The van der Waals surface area contributed by atoms with Gasteiger partial charge >= 0.3 is 0 Å². The normalized spacial score (nSPS) is 21.4. The molecule has 0 amide bonds. The van der Waals surface area contributed by atoms with Gasteiger partial charge in [-0.15, -0.1) is 0 Å². The molecule has 0 aromatic carbocycles. The topological polar surface area (TPSA) is 52.6 Å². The number of halogens is 1. The van der Waals surface area contributed by atoms with Crippen LogP contribution in [-0.2, 0) is 18.5 Å². The van der Waals surface area contributed by atoms with Gasteiger partial charge in [-0.1, -0.05) is 0 Å². The van der Waals surface area contributed by atoms with Crippen LogP contribution in [0.1, 0.15) is 33.6 Å². The minimum absolute atomic E-state index is 0.0407. The van der Waals surface area contributed by atoms with E-state index in [-0.39, 0.29) is 11.4 Å². The van der Waals surface area contributed by atoms with Gasteiger partial charge in [0.15, 0.2) is 0 Å². The second-order valence-electron chi connectivity index (χ2n) is 5.70. The van der Waals surface area contributed by atoms with E-state index in [4.69, 9.17) is 20.2 Å². The molecule has 0 atom stereocenters. The third-order valence-electron chi connectivity index (χ3n) is 2.84. The van der Waals surface area contributed by atoms with Crippen LogP contribution in [0, 0.1) is 5.41 Å². The Morgan fingerprint density at radius 3 is 2.24 bits per heavy atom. The minimum Gasteiger partial charge on any atom is -0.381 e. The lowest BCUT2D eigenvalue weighted by atomic mass is 9.83. The Labute approximate surface area is 108 Å². The molecular formula is C11H21ClO4S. The van der Waals surface area contributed by atoms with Gasteiger partial charge in [-0.2, -0.15) is 0 Å². The Hall–Kier alpha value is 0.160. The Kier molecular flexibility index (Phi) is 4.86. The average molecular weight is 285 g/mol. The van der Waals surface area contributed by atoms with Gasteiger partial charge in [0.05, 0.1) is 18.0 Å². The Morgan fingerprint density at radius 1 is 1.29 bits per heavy atom. The zero-order valence-corrected chi connectivity index (χ0v) is 12.2. The molecule has 0 aromatic heterocycles. The summed E-state index contributed by atoms with van der Waals surface area (Å²) in [5, 5.41) is 0. The summed E-state index contributed by atoms with van der Waals surface area (Å²) in [5.41, 5.74) is -0.673. The van der Waals surface area contributed by atoms with Crippen LogP contribution in [0.3, 0.4) is 0 Å². The first-order chi connectivity index (χ1) is 7.62. The number of hydrogen-bond acceptors (Lipinski definition) is 4. The van der Waals surface area contributed by atoms with Crippen LogP contribution in [-0.4, -0.2) is 39.6 Å². The maximum Gasteiger partial charge on any atom is 0.233 e. The van der Waals surface area contributed by atoms with E-state index in [1.165, 1.54) is 0 Å². The molecule has 17 heavy (non-hydrogen) atoms. The lowest BCUT2D eigenvalue weighted by Crippen LogP contribution is -2.41. The van der Waals surface area contributed by atoms with E-state index in [9.17, 15) is 8.42 Å². The highest BCUT2D eigenvalue weighted by Crippen LogP contribution is 2.34. The molecule has 0 aliphatic carbocycles. The predicted octanol–water partition coefficient (Wildman–Crippen LogP) is 2.17. The van der Waals surface area contributed by atoms with Crippen molar-refractivity contribution in [2.75, 3.05) is 25.6 Å². The summed E-state index contributed by atoms with van der Waals surface area (Å²) in [4.78, 5) is 0. The SMILES string of the molecule is CC(C)(C)OCC1(CS(=O)(=O)Cl)CCOCC1. The molecule has 0 N–H and O–H groups in total. The maximum atomic E-state index is 11.3. The molecule has 4 nitrogen and oxygen atoms in total. The quantitative estimate of drug-likeness (QED) is 0.743. The van der Waals surface area contributed by atoms with Crippen molar-refractivity contribution >= 4 is 19.7 Å². The molecule has 0 aromatic rings. The molecule has 1 rings (SSSR count). The summed E-state index contributed by atoms with van der Waals surface area (Å²) in [6.07, 6.45) is 1.35. The molecule has 102 valence electrons. The van der Waals surface area contributed by atoms with E-state index in [1.54, 1.807) is 0 Å². The number of rotatable bonds is 4. The van der Waals surface area contributed by atoms with Gasteiger partial charge in [-0.25, -0.2) is 8.42 Å². The molecule has 6 heteroatoms. The third-order valence-corrected chi connectivity index (χ3v) is 4.13. The first-order valence-electron chi connectivity index (χ1n) is 5.76. The highest BCUT2D eigenvalue weighted by atomic mass is 35.7. The van der Waals surface area contributed by atoms with E-state index in [2.05, 4.69) is 0 Å². The Bertz CT molecular complexity index is 339. The van der Waals surface area contributed by atoms with Crippen molar-refractivity contribution in [1.82, 2.24) is 0 Å². The lowest BCUT2D eigenvalue weighted by molar-refractivity contribution is -0.0796. The molecule has 1 aliphatic rings. The summed E-state index contributed by atoms with van der Waals surface area (Å²) < 4.78 is 33.6. The van der Waals surface area contributed by atoms with E-state index >= 15 is 0 Å². The van der Waals surface area contributed by atoms with Crippen molar-refractivity contribution in [2.24, 2.45) is 5.41 Å². The highest BCUT2D eigenvalue weighted by molar-refractivity contribution is 8.13. The van der Waals surface area contributed by atoms with Gasteiger partial charge in [0, 0.05) is 29.3 Å². The van der Waals surface area contributed by atoms with Gasteiger partial charge in [0.2, 0.25) is 9.05 Å². The van der Waals surface area contributed by atoms with Crippen molar-refractivity contribution in [2.45, 2.75) is 39.2 Å². The van der Waals surface area contributed by atoms with Crippen molar-refractivity contribution in [3.05, 3.63) is 0 Å². The second-order valence-corrected chi connectivity index (χ2v) is 8.47. The molecule has 1 fully saturated rings. The molecule has 1 aliphatic heterocycles. The molecule has 0 spiro atoms. The molecule has 0 unspecified atom stereocenters. The third kappa shape index (κ3) is 6.04. The lowest BCUT2D eigenvalue weighted by Gasteiger charge is -2.38.